The van der Waals surface area contributed by atoms with Gasteiger partial charge >= 0.3 is 0 Å². The SMILES string of the molecule is CCOc1cc(F)ccc1NC(=O)CCC(C)CCN. The molecule has 0 aliphatic rings. The molecule has 112 valence electrons. The van der Waals surface area contributed by atoms with Crippen molar-refractivity contribution < 1.29 is 13.9 Å². The van der Waals surface area contributed by atoms with Gasteiger partial charge in [-0.05, 0) is 44.4 Å². The summed E-state index contributed by atoms with van der Waals surface area (Å²) in [5.41, 5.74) is 5.98. The number of nitrogens with one attached hydrogen (secondary N) is 1. The average Bonchev–Trinajstić information content (AvgIpc) is 2.40. The minimum Gasteiger partial charge on any atom is -0.492 e. The van der Waals surface area contributed by atoms with Crippen LogP contribution in [0.25, 0.3) is 0 Å². The van der Waals surface area contributed by atoms with Crippen molar-refractivity contribution in [1.82, 2.24) is 0 Å². The van der Waals surface area contributed by atoms with E-state index in [1.165, 1.54) is 18.2 Å². The second kappa shape index (κ2) is 8.53. The van der Waals surface area contributed by atoms with E-state index >= 15 is 0 Å². The van der Waals surface area contributed by atoms with E-state index in [1.54, 1.807) is 0 Å². The van der Waals surface area contributed by atoms with Crippen molar-refractivity contribution in [2.45, 2.75) is 33.1 Å². The van der Waals surface area contributed by atoms with Gasteiger partial charge in [0.15, 0.2) is 0 Å². The predicted octanol–water partition coefficient (Wildman–Crippen LogP) is 2.93. The van der Waals surface area contributed by atoms with Crippen molar-refractivity contribution >= 4 is 11.6 Å². The van der Waals surface area contributed by atoms with Crippen molar-refractivity contribution in [2.24, 2.45) is 11.7 Å². The zero-order valence-corrected chi connectivity index (χ0v) is 12.1. The lowest BCUT2D eigenvalue weighted by Gasteiger charge is -2.13. The van der Waals surface area contributed by atoms with Crippen LogP contribution < -0.4 is 15.8 Å². The van der Waals surface area contributed by atoms with Crippen LogP contribution in [0.3, 0.4) is 0 Å². The molecule has 0 aliphatic carbocycles. The van der Waals surface area contributed by atoms with Gasteiger partial charge in [0.2, 0.25) is 5.91 Å². The Hall–Kier alpha value is -1.62. The van der Waals surface area contributed by atoms with Crippen molar-refractivity contribution in [3.63, 3.8) is 0 Å². The van der Waals surface area contributed by atoms with Crippen LogP contribution in [0.15, 0.2) is 18.2 Å². The van der Waals surface area contributed by atoms with E-state index in [2.05, 4.69) is 12.2 Å². The molecule has 1 amide bonds. The molecule has 0 aliphatic heterocycles. The highest BCUT2D eigenvalue weighted by molar-refractivity contribution is 5.92. The number of benzene rings is 1. The van der Waals surface area contributed by atoms with Crippen molar-refractivity contribution in [2.75, 3.05) is 18.5 Å². The third-order valence-electron chi connectivity index (χ3n) is 3.04. The third kappa shape index (κ3) is 5.57. The van der Waals surface area contributed by atoms with Crippen LogP contribution in [0.4, 0.5) is 10.1 Å². The molecule has 0 aromatic heterocycles. The number of anilines is 1. The van der Waals surface area contributed by atoms with Gasteiger partial charge in [0.25, 0.3) is 0 Å². The summed E-state index contributed by atoms with van der Waals surface area (Å²) in [6.45, 7) is 4.93. The molecule has 0 radical (unpaired) electrons. The first-order valence-corrected chi connectivity index (χ1v) is 6.99. The maximum Gasteiger partial charge on any atom is 0.224 e. The Balaban J connectivity index is 2.57. The molecule has 0 bridgehead atoms. The van der Waals surface area contributed by atoms with Gasteiger partial charge in [0, 0.05) is 12.5 Å². The van der Waals surface area contributed by atoms with Crippen LogP contribution in [-0.2, 0) is 4.79 Å². The van der Waals surface area contributed by atoms with Crippen LogP contribution in [-0.4, -0.2) is 19.1 Å². The molecule has 0 heterocycles. The number of hydrogen-bond donors (Lipinski definition) is 2. The summed E-state index contributed by atoms with van der Waals surface area (Å²) in [7, 11) is 0. The summed E-state index contributed by atoms with van der Waals surface area (Å²) in [4.78, 5) is 11.9. The highest BCUT2D eigenvalue weighted by Gasteiger charge is 2.10. The first-order chi connectivity index (χ1) is 9.56. The van der Waals surface area contributed by atoms with Gasteiger partial charge in [-0.2, -0.15) is 0 Å². The van der Waals surface area contributed by atoms with Crippen molar-refractivity contribution in [3.05, 3.63) is 24.0 Å². The Bertz CT molecular complexity index is 438. The first kappa shape index (κ1) is 16.4. The van der Waals surface area contributed by atoms with Gasteiger partial charge < -0.3 is 15.8 Å². The summed E-state index contributed by atoms with van der Waals surface area (Å²) < 4.78 is 18.5. The second-order valence-corrected chi connectivity index (χ2v) is 4.84. The molecule has 3 N–H and O–H groups in total. The van der Waals surface area contributed by atoms with Crippen LogP contribution >= 0.6 is 0 Å². The van der Waals surface area contributed by atoms with E-state index in [1.807, 2.05) is 6.92 Å². The normalized spacial score (nSPS) is 12.0. The molecule has 0 saturated heterocycles. The molecule has 4 nitrogen and oxygen atoms in total. The van der Waals surface area contributed by atoms with E-state index < -0.39 is 0 Å². The molecule has 1 unspecified atom stereocenters. The predicted molar refractivity (Wildman–Crippen MR) is 78.3 cm³/mol. The van der Waals surface area contributed by atoms with Gasteiger partial charge in [-0.15, -0.1) is 0 Å². The highest BCUT2D eigenvalue weighted by Crippen LogP contribution is 2.25. The van der Waals surface area contributed by atoms with E-state index in [4.69, 9.17) is 10.5 Å². The molecule has 0 saturated carbocycles. The Morgan fingerprint density at radius 3 is 2.85 bits per heavy atom. The average molecular weight is 282 g/mol. The van der Waals surface area contributed by atoms with E-state index in [9.17, 15) is 9.18 Å². The van der Waals surface area contributed by atoms with E-state index in [0.29, 0.717) is 36.9 Å². The Kier molecular flexibility index (Phi) is 7.01. The molecule has 1 aromatic rings. The van der Waals surface area contributed by atoms with Crippen molar-refractivity contribution in [1.29, 1.82) is 0 Å². The summed E-state index contributed by atoms with van der Waals surface area (Å²) in [5.74, 6) is 0.297. The molecule has 0 fully saturated rings. The number of hydrogen-bond acceptors (Lipinski definition) is 3. The quantitative estimate of drug-likeness (QED) is 0.770. The minimum absolute atomic E-state index is 0.0959. The summed E-state index contributed by atoms with van der Waals surface area (Å²) in [6.07, 6.45) is 2.12. The number of nitrogens with two attached hydrogens (primary N) is 1. The fourth-order valence-electron chi connectivity index (χ4n) is 1.89. The molecule has 1 atom stereocenters. The van der Waals surface area contributed by atoms with Crippen LogP contribution in [0.2, 0.25) is 0 Å². The molecule has 0 spiro atoms. The Labute approximate surface area is 119 Å². The van der Waals surface area contributed by atoms with Crippen LogP contribution in [0.1, 0.15) is 33.1 Å². The van der Waals surface area contributed by atoms with Crippen LogP contribution in [0.5, 0.6) is 5.75 Å². The van der Waals surface area contributed by atoms with Gasteiger partial charge in [0.1, 0.15) is 11.6 Å². The summed E-state index contributed by atoms with van der Waals surface area (Å²) >= 11 is 0. The monoisotopic (exact) mass is 282 g/mol. The largest absolute Gasteiger partial charge is 0.492 e. The molecular formula is C15H23FN2O2. The molecule has 20 heavy (non-hydrogen) atoms. The lowest BCUT2D eigenvalue weighted by Crippen LogP contribution is -2.15. The summed E-state index contributed by atoms with van der Waals surface area (Å²) in [5, 5.41) is 2.76. The van der Waals surface area contributed by atoms with Gasteiger partial charge in [-0.1, -0.05) is 6.92 Å². The maximum absolute atomic E-state index is 13.1. The lowest BCUT2D eigenvalue weighted by molar-refractivity contribution is -0.116. The molecule has 1 aromatic carbocycles. The fraction of sp³-hybridized carbons (Fsp3) is 0.533. The number of ether oxygens (including phenoxy) is 1. The molecule has 1 rings (SSSR count). The first-order valence-electron chi connectivity index (χ1n) is 6.99. The lowest BCUT2D eigenvalue weighted by atomic mass is 10.0. The fourth-order valence-corrected chi connectivity index (χ4v) is 1.89. The number of carbonyl (C=O) groups is 1. The zero-order valence-electron chi connectivity index (χ0n) is 12.1. The zero-order chi connectivity index (χ0) is 15.0. The van der Waals surface area contributed by atoms with Gasteiger partial charge in [-0.25, -0.2) is 4.39 Å². The van der Waals surface area contributed by atoms with Crippen LogP contribution in [0, 0.1) is 11.7 Å². The van der Waals surface area contributed by atoms with Gasteiger partial charge in [-0.3, -0.25) is 4.79 Å². The maximum atomic E-state index is 13.1. The van der Waals surface area contributed by atoms with E-state index in [-0.39, 0.29) is 11.7 Å². The van der Waals surface area contributed by atoms with E-state index in [0.717, 1.165) is 12.8 Å². The third-order valence-corrected chi connectivity index (χ3v) is 3.04. The second-order valence-electron chi connectivity index (χ2n) is 4.84. The molecular weight excluding hydrogens is 259 g/mol. The number of rotatable bonds is 8. The minimum atomic E-state index is -0.386. The number of amides is 1. The smallest absolute Gasteiger partial charge is 0.224 e. The summed E-state index contributed by atoms with van der Waals surface area (Å²) in [6, 6.07) is 4.09. The topological polar surface area (TPSA) is 64.3 Å². The molecule has 5 heteroatoms. The number of halogens is 1. The standard InChI is InChI=1S/C15H23FN2O2/c1-3-20-14-10-12(16)5-6-13(14)18-15(19)7-4-11(2)8-9-17/h5-6,10-11H,3-4,7-9,17H2,1-2H3,(H,18,19). The Morgan fingerprint density at radius 2 is 2.20 bits per heavy atom. The van der Waals surface area contributed by atoms with Crippen molar-refractivity contribution in [3.8, 4) is 5.75 Å². The highest BCUT2D eigenvalue weighted by atomic mass is 19.1. The number of carbonyl (C=O) groups excluding carboxylic acids is 1. The van der Waals surface area contributed by atoms with Gasteiger partial charge in [0.05, 0.1) is 12.3 Å². The Morgan fingerprint density at radius 1 is 1.45 bits per heavy atom.